The van der Waals surface area contributed by atoms with E-state index in [4.69, 9.17) is 10.5 Å². The molecule has 0 radical (unpaired) electrons. The lowest BCUT2D eigenvalue weighted by molar-refractivity contribution is 0.0240. The van der Waals surface area contributed by atoms with Gasteiger partial charge in [0, 0.05) is 31.7 Å². The highest BCUT2D eigenvalue weighted by molar-refractivity contribution is 5.96. The maximum absolute atomic E-state index is 12.1. The van der Waals surface area contributed by atoms with E-state index in [9.17, 15) is 9.59 Å². The summed E-state index contributed by atoms with van der Waals surface area (Å²) >= 11 is 0. The van der Waals surface area contributed by atoms with E-state index >= 15 is 0 Å². The fraction of sp³-hybridized carbons (Fsp3) is 0.471. The first-order valence-electron chi connectivity index (χ1n) is 8.25. The van der Waals surface area contributed by atoms with Gasteiger partial charge in [-0.15, -0.1) is 0 Å². The smallest absolute Gasteiger partial charge is 0.410 e. The molecule has 1 saturated heterocycles. The van der Waals surface area contributed by atoms with Gasteiger partial charge in [0.25, 0.3) is 0 Å². The summed E-state index contributed by atoms with van der Waals surface area (Å²) in [7, 11) is 0. The molecule has 25 heavy (non-hydrogen) atoms. The molecule has 8 heteroatoms. The quantitative estimate of drug-likeness (QED) is 0.862. The molecule has 0 saturated carbocycles. The first-order chi connectivity index (χ1) is 11.7. The minimum atomic E-state index is -0.495. The lowest BCUT2D eigenvalue weighted by atomic mass is 10.2. The Balaban J connectivity index is 1.67. The van der Waals surface area contributed by atoms with Crippen LogP contribution >= 0.6 is 0 Å². The number of fused-ring (bicyclic) bond motifs is 1. The monoisotopic (exact) mass is 345 g/mol. The summed E-state index contributed by atoms with van der Waals surface area (Å²) in [6.45, 7) is 8.02. The largest absolute Gasteiger partial charge is 0.444 e. The Labute approximate surface area is 145 Å². The number of hydrogen-bond donors (Lipinski definition) is 2. The molecule has 3 N–H and O–H groups in total. The van der Waals surface area contributed by atoms with E-state index in [1.165, 1.54) is 0 Å². The van der Waals surface area contributed by atoms with Crippen molar-refractivity contribution in [1.82, 2.24) is 14.9 Å². The van der Waals surface area contributed by atoms with Crippen molar-refractivity contribution in [2.45, 2.75) is 26.4 Å². The average molecular weight is 345 g/mol. The van der Waals surface area contributed by atoms with Crippen LogP contribution in [0, 0.1) is 0 Å². The Morgan fingerprint density at radius 2 is 1.88 bits per heavy atom. The minimum absolute atomic E-state index is 0.289. The van der Waals surface area contributed by atoms with Crippen molar-refractivity contribution in [3.63, 3.8) is 0 Å². The molecule has 2 amide bonds. The zero-order valence-electron chi connectivity index (χ0n) is 14.7. The van der Waals surface area contributed by atoms with Crippen LogP contribution in [0.2, 0.25) is 0 Å². The van der Waals surface area contributed by atoms with Gasteiger partial charge < -0.3 is 25.3 Å². The molecule has 0 atom stereocenters. The fourth-order valence-corrected chi connectivity index (χ4v) is 2.73. The van der Waals surface area contributed by atoms with E-state index in [1.54, 1.807) is 23.1 Å². The zero-order chi connectivity index (χ0) is 18.2. The first kappa shape index (κ1) is 17.1. The van der Waals surface area contributed by atoms with Crippen LogP contribution in [-0.4, -0.2) is 58.6 Å². The maximum Gasteiger partial charge on any atom is 0.410 e. The number of aromatic amines is 1. The van der Waals surface area contributed by atoms with Gasteiger partial charge >= 0.3 is 6.09 Å². The number of nitrogens with one attached hydrogen (secondary N) is 1. The van der Waals surface area contributed by atoms with Gasteiger partial charge in [0.1, 0.15) is 5.60 Å². The van der Waals surface area contributed by atoms with Crippen molar-refractivity contribution < 1.29 is 14.3 Å². The zero-order valence-corrected chi connectivity index (χ0v) is 14.7. The van der Waals surface area contributed by atoms with E-state index in [0.717, 1.165) is 17.0 Å². The predicted octanol–water partition coefficient (Wildman–Crippen LogP) is 1.72. The van der Waals surface area contributed by atoms with Gasteiger partial charge in [0.05, 0.1) is 11.0 Å². The van der Waals surface area contributed by atoms with E-state index in [2.05, 4.69) is 14.9 Å². The number of nitrogens with two attached hydrogens (primary N) is 1. The number of carbonyl (C=O) groups is 2. The Hall–Kier alpha value is -2.77. The molecule has 3 rings (SSSR count). The fourth-order valence-electron chi connectivity index (χ4n) is 2.73. The van der Waals surface area contributed by atoms with Crippen LogP contribution < -0.4 is 10.6 Å². The number of amides is 2. The summed E-state index contributed by atoms with van der Waals surface area (Å²) in [5, 5.41) is 0. The molecule has 0 bridgehead atoms. The Bertz CT molecular complexity index is 800. The van der Waals surface area contributed by atoms with Gasteiger partial charge in [-0.3, -0.25) is 4.79 Å². The van der Waals surface area contributed by atoms with E-state index in [-0.39, 0.29) is 6.09 Å². The first-order valence-corrected chi connectivity index (χ1v) is 8.25. The topological polar surface area (TPSA) is 105 Å². The summed E-state index contributed by atoms with van der Waals surface area (Å²) in [6, 6.07) is 5.13. The predicted molar refractivity (Wildman–Crippen MR) is 94.6 cm³/mol. The molecule has 2 aromatic rings. The van der Waals surface area contributed by atoms with Crippen molar-refractivity contribution in [2.75, 3.05) is 31.1 Å². The van der Waals surface area contributed by atoms with E-state index < -0.39 is 11.5 Å². The lowest BCUT2D eigenvalue weighted by Crippen LogP contribution is -2.50. The molecular weight excluding hydrogens is 322 g/mol. The van der Waals surface area contributed by atoms with Gasteiger partial charge in [0.2, 0.25) is 11.9 Å². The number of imidazole rings is 1. The van der Waals surface area contributed by atoms with Crippen molar-refractivity contribution in [3.8, 4) is 0 Å². The third-order valence-electron chi connectivity index (χ3n) is 3.98. The second kappa shape index (κ2) is 6.27. The second-order valence-electron chi connectivity index (χ2n) is 7.11. The molecule has 1 aliphatic rings. The van der Waals surface area contributed by atoms with Gasteiger partial charge in [-0.1, -0.05) is 0 Å². The molecule has 0 spiro atoms. The highest BCUT2D eigenvalue weighted by atomic mass is 16.6. The van der Waals surface area contributed by atoms with Crippen LogP contribution in [0.1, 0.15) is 31.1 Å². The summed E-state index contributed by atoms with van der Waals surface area (Å²) in [5.74, 6) is 0.254. The molecule has 1 aliphatic heterocycles. The van der Waals surface area contributed by atoms with Crippen LogP contribution in [0.3, 0.4) is 0 Å². The third-order valence-corrected chi connectivity index (χ3v) is 3.98. The molecule has 1 aromatic carbocycles. The summed E-state index contributed by atoms with van der Waals surface area (Å²) in [4.78, 5) is 34.9. The normalized spacial score (nSPS) is 15.5. The standard InChI is InChI=1S/C17H23N5O3/c1-17(2,3)25-16(24)22-8-6-21(7-9-22)15-19-12-5-4-11(14(18)23)10-13(12)20-15/h4-5,10H,6-9H2,1-3H3,(H2,18,23)(H,19,20). The highest BCUT2D eigenvalue weighted by Crippen LogP contribution is 2.20. The number of rotatable bonds is 2. The SMILES string of the molecule is CC(C)(C)OC(=O)N1CCN(c2nc3ccc(C(N)=O)cc3[nH]2)CC1. The van der Waals surface area contributed by atoms with Crippen molar-refractivity contribution in [2.24, 2.45) is 5.73 Å². The van der Waals surface area contributed by atoms with E-state index in [1.807, 2.05) is 20.8 Å². The summed E-state index contributed by atoms with van der Waals surface area (Å²) < 4.78 is 5.40. The molecule has 0 aliphatic carbocycles. The third kappa shape index (κ3) is 3.84. The van der Waals surface area contributed by atoms with Crippen LogP contribution in [0.4, 0.5) is 10.7 Å². The minimum Gasteiger partial charge on any atom is -0.444 e. The van der Waals surface area contributed by atoms with Gasteiger partial charge in [-0.2, -0.15) is 0 Å². The number of ether oxygens (including phenoxy) is 1. The molecular formula is C17H23N5O3. The molecule has 1 fully saturated rings. The van der Waals surface area contributed by atoms with Crippen LogP contribution in [-0.2, 0) is 4.74 Å². The number of piperazine rings is 1. The summed E-state index contributed by atoms with van der Waals surface area (Å²) in [6.07, 6.45) is -0.289. The Morgan fingerprint density at radius 1 is 1.20 bits per heavy atom. The van der Waals surface area contributed by atoms with Gasteiger partial charge in [-0.05, 0) is 39.0 Å². The van der Waals surface area contributed by atoms with Crippen LogP contribution in [0.15, 0.2) is 18.2 Å². The number of nitrogens with zero attached hydrogens (tertiary/aromatic N) is 3. The number of benzene rings is 1. The lowest BCUT2D eigenvalue weighted by Gasteiger charge is -2.35. The Kier molecular flexibility index (Phi) is 4.28. The molecule has 134 valence electrons. The number of aromatic nitrogens is 2. The maximum atomic E-state index is 12.1. The number of H-pyrrole nitrogens is 1. The average Bonchev–Trinajstić information content (AvgIpc) is 2.96. The van der Waals surface area contributed by atoms with Crippen molar-refractivity contribution in [3.05, 3.63) is 23.8 Å². The van der Waals surface area contributed by atoms with Gasteiger partial charge in [-0.25, -0.2) is 9.78 Å². The summed E-state index contributed by atoms with van der Waals surface area (Å²) in [5.41, 5.74) is 6.79. The molecule has 0 unspecified atom stereocenters. The molecule has 8 nitrogen and oxygen atoms in total. The number of hydrogen-bond acceptors (Lipinski definition) is 5. The van der Waals surface area contributed by atoms with Crippen LogP contribution in [0.5, 0.6) is 0 Å². The van der Waals surface area contributed by atoms with Crippen molar-refractivity contribution in [1.29, 1.82) is 0 Å². The molecule has 1 aromatic heterocycles. The number of anilines is 1. The second-order valence-corrected chi connectivity index (χ2v) is 7.11. The van der Waals surface area contributed by atoms with Crippen LogP contribution in [0.25, 0.3) is 11.0 Å². The number of primary amides is 1. The van der Waals surface area contributed by atoms with E-state index in [0.29, 0.717) is 31.7 Å². The Morgan fingerprint density at radius 3 is 2.48 bits per heavy atom. The molecule has 2 heterocycles. The number of carbonyl (C=O) groups excluding carboxylic acids is 2. The van der Waals surface area contributed by atoms with Gasteiger partial charge in [0.15, 0.2) is 0 Å². The van der Waals surface area contributed by atoms with Crippen molar-refractivity contribution >= 4 is 29.0 Å². The highest BCUT2D eigenvalue weighted by Gasteiger charge is 2.26.